The molecule has 6 rings (SSSR count). The van der Waals surface area contributed by atoms with Gasteiger partial charge in [-0.15, -0.1) is 10.2 Å². The number of carbonyl (C=O) groups is 2. The zero-order valence-electron chi connectivity index (χ0n) is 22.2. The van der Waals surface area contributed by atoms with Crippen molar-refractivity contribution in [3.05, 3.63) is 101 Å². The number of aromatic hydroxyl groups is 1. The Morgan fingerprint density at radius 1 is 1.12 bits per heavy atom. The first-order valence-corrected chi connectivity index (χ1v) is 14.4. The molecule has 1 amide bonds. The van der Waals surface area contributed by atoms with Gasteiger partial charge in [0.2, 0.25) is 5.13 Å². The van der Waals surface area contributed by atoms with E-state index in [1.165, 1.54) is 48.0 Å². The largest absolute Gasteiger partial charge is 0.505 e. The molecule has 4 heterocycles. The average Bonchev–Trinajstić information content (AvgIpc) is 3.66. The Labute approximate surface area is 246 Å². The van der Waals surface area contributed by atoms with Crippen LogP contribution in [0.1, 0.15) is 28.6 Å². The fourth-order valence-electron chi connectivity index (χ4n) is 4.82. The fraction of sp³-hybridized carbons (Fsp3) is 0.138. The molecule has 1 atom stereocenters. The summed E-state index contributed by atoms with van der Waals surface area (Å²) in [7, 11) is 1.38. The summed E-state index contributed by atoms with van der Waals surface area (Å²) in [6.45, 7) is 1.70. The number of halogens is 1. The summed E-state index contributed by atoms with van der Waals surface area (Å²) >= 11 is 2.45. The van der Waals surface area contributed by atoms with Crippen LogP contribution in [0.15, 0.2) is 76.8 Å². The molecule has 1 fully saturated rings. The van der Waals surface area contributed by atoms with Crippen molar-refractivity contribution in [3.8, 4) is 11.5 Å². The summed E-state index contributed by atoms with van der Waals surface area (Å²) < 4.78 is 20.7. The summed E-state index contributed by atoms with van der Waals surface area (Å²) in [5.74, 6) is -2.07. The fourth-order valence-corrected chi connectivity index (χ4v) is 6.64. The van der Waals surface area contributed by atoms with Gasteiger partial charge in [0.15, 0.2) is 21.6 Å². The summed E-state index contributed by atoms with van der Waals surface area (Å²) in [6.07, 6.45) is 1.70. The number of nitrogens with zero attached hydrogens (tertiary/aromatic N) is 5. The van der Waals surface area contributed by atoms with E-state index in [0.717, 1.165) is 16.9 Å². The molecule has 0 aliphatic carbocycles. The first-order chi connectivity index (χ1) is 20.3. The quantitative estimate of drug-likeness (QED) is 0.0840. The Kier molecular flexibility index (Phi) is 7.12. The second kappa shape index (κ2) is 10.9. The topological polar surface area (TPSA) is 130 Å². The number of ether oxygens (including phenoxy) is 1. The Hall–Kier alpha value is -4.75. The molecule has 13 heteroatoms. The first-order valence-electron chi connectivity index (χ1n) is 12.6. The van der Waals surface area contributed by atoms with Crippen LogP contribution in [0.2, 0.25) is 0 Å². The normalized spacial score (nSPS) is 16.5. The molecule has 3 aromatic heterocycles. The minimum atomic E-state index is -1.11. The van der Waals surface area contributed by atoms with E-state index in [1.54, 1.807) is 53.9 Å². The van der Waals surface area contributed by atoms with E-state index in [2.05, 4.69) is 15.2 Å². The number of anilines is 1. The highest BCUT2D eigenvalue weighted by molar-refractivity contribution is 8.00. The average molecular weight is 604 g/mol. The summed E-state index contributed by atoms with van der Waals surface area (Å²) in [5.41, 5.74) is 2.39. The lowest BCUT2D eigenvalue weighted by molar-refractivity contribution is -0.132. The SMILES string of the molecule is COc1cc(C2/C(=C(\O)c3c(C)nc4ccccn34)C(=O)C(=O)N2c2nnc(SCc3ccc(F)cc3)s2)ccc1O. The second-order valence-corrected chi connectivity index (χ2v) is 11.5. The van der Waals surface area contributed by atoms with Crippen molar-refractivity contribution >= 4 is 51.3 Å². The zero-order chi connectivity index (χ0) is 29.5. The molecule has 10 nitrogen and oxygen atoms in total. The number of carbonyl (C=O) groups excluding carboxylic acids is 2. The third-order valence-corrected chi connectivity index (χ3v) is 8.90. The maximum Gasteiger partial charge on any atom is 0.301 e. The van der Waals surface area contributed by atoms with Crippen LogP contribution in [-0.4, -0.2) is 48.6 Å². The molecule has 212 valence electrons. The molecule has 1 saturated heterocycles. The summed E-state index contributed by atoms with van der Waals surface area (Å²) in [6, 6.07) is 14.7. The number of phenols is 1. The van der Waals surface area contributed by atoms with Crippen LogP contribution >= 0.6 is 23.1 Å². The number of hydrogen-bond donors (Lipinski definition) is 2. The highest BCUT2D eigenvalue weighted by Gasteiger charge is 2.49. The number of hydrogen-bond acceptors (Lipinski definition) is 10. The van der Waals surface area contributed by atoms with Crippen LogP contribution in [0.4, 0.5) is 9.52 Å². The van der Waals surface area contributed by atoms with Crippen LogP contribution < -0.4 is 9.64 Å². The van der Waals surface area contributed by atoms with Gasteiger partial charge in [-0.25, -0.2) is 9.37 Å². The molecule has 42 heavy (non-hydrogen) atoms. The van der Waals surface area contributed by atoms with E-state index in [4.69, 9.17) is 4.74 Å². The number of aliphatic hydroxyl groups is 1. The van der Waals surface area contributed by atoms with Gasteiger partial charge >= 0.3 is 5.91 Å². The number of aliphatic hydroxyl groups excluding tert-OH is 1. The number of phenolic OH excluding ortho intramolecular Hbond substituents is 1. The minimum Gasteiger partial charge on any atom is -0.505 e. The van der Waals surface area contributed by atoms with Crippen LogP contribution in [-0.2, 0) is 15.3 Å². The van der Waals surface area contributed by atoms with E-state index in [1.807, 2.05) is 0 Å². The third kappa shape index (κ3) is 4.76. The molecule has 0 spiro atoms. The predicted molar refractivity (Wildman–Crippen MR) is 155 cm³/mol. The van der Waals surface area contributed by atoms with Crippen molar-refractivity contribution in [2.45, 2.75) is 23.1 Å². The summed E-state index contributed by atoms with van der Waals surface area (Å²) in [5, 5.41) is 30.4. The van der Waals surface area contributed by atoms with Gasteiger partial charge in [-0.3, -0.25) is 18.9 Å². The zero-order valence-corrected chi connectivity index (χ0v) is 23.8. The van der Waals surface area contributed by atoms with Crippen molar-refractivity contribution in [2.75, 3.05) is 12.0 Å². The standard InChI is InChI=1S/C29H22FN5O5S2/c1-15-23(34-12-4-3-5-21(34)31-15)25(37)22-24(17-8-11-19(36)20(13-17)40-2)35(27(39)26(22)38)28-32-33-29(42-28)41-14-16-6-9-18(30)10-7-16/h3-13,24,36-37H,14H2,1-2H3/b25-22+. The van der Waals surface area contributed by atoms with Gasteiger partial charge in [0.25, 0.3) is 5.78 Å². The van der Waals surface area contributed by atoms with Crippen molar-refractivity contribution < 1.29 is 28.9 Å². The minimum absolute atomic E-state index is 0.122. The Bertz CT molecular complexity index is 1890. The Morgan fingerprint density at radius 3 is 2.67 bits per heavy atom. The van der Waals surface area contributed by atoms with Gasteiger partial charge in [-0.05, 0) is 54.4 Å². The number of imidazole rings is 1. The molecule has 0 radical (unpaired) electrons. The first kappa shape index (κ1) is 27.4. The lowest BCUT2D eigenvalue weighted by Crippen LogP contribution is -2.29. The molecule has 0 bridgehead atoms. The molecule has 2 aromatic carbocycles. The van der Waals surface area contributed by atoms with Gasteiger partial charge < -0.3 is 14.9 Å². The lowest BCUT2D eigenvalue weighted by atomic mass is 9.96. The number of fused-ring (bicyclic) bond motifs is 1. The number of benzene rings is 2. The number of amides is 1. The van der Waals surface area contributed by atoms with E-state index in [9.17, 15) is 24.2 Å². The molecule has 1 aliphatic heterocycles. The third-order valence-electron chi connectivity index (χ3n) is 6.77. The van der Waals surface area contributed by atoms with Crippen LogP contribution in [0, 0.1) is 12.7 Å². The number of aromatic nitrogens is 4. The predicted octanol–water partition coefficient (Wildman–Crippen LogP) is 5.27. The number of rotatable bonds is 7. The highest BCUT2D eigenvalue weighted by atomic mass is 32.2. The lowest BCUT2D eigenvalue weighted by Gasteiger charge is -2.23. The molecular weight excluding hydrogens is 581 g/mol. The van der Waals surface area contributed by atoms with Gasteiger partial charge in [0, 0.05) is 11.9 Å². The van der Waals surface area contributed by atoms with Crippen LogP contribution in [0.5, 0.6) is 11.5 Å². The van der Waals surface area contributed by atoms with E-state index in [0.29, 0.717) is 27.0 Å². The van der Waals surface area contributed by atoms with Gasteiger partial charge in [0.1, 0.15) is 17.2 Å². The van der Waals surface area contributed by atoms with Crippen molar-refractivity contribution in [2.24, 2.45) is 0 Å². The number of ketones is 1. The molecule has 5 aromatic rings. The number of pyridine rings is 1. The van der Waals surface area contributed by atoms with Gasteiger partial charge in [0.05, 0.1) is 24.4 Å². The highest BCUT2D eigenvalue weighted by Crippen LogP contribution is 2.45. The van der Waals surface area contributed by atoms with Crippen LogP contribution in [0.25, 0.3) is 11.4 Å². The number of methoxy groups -OCH3 is 1. The number of aryl methyl sites for hydroxylation is 1. The molecule has 1 unspecified atom stereocenters. The molecular formula is C29H22FN5O5S2. The molecule has 2 N–H and O–H groups in total. The van der Waals surface area contributed by atoms with E-state index in [-0.39, 0.29) is 33.7 Å². The van der Waals surface area contributed by atoms with Crippen LogP contribution in [0.3, 0.4) is 0 Å². The Balaban J connectivity index is 1.46. The second-order valence-electron chi connectivity index (χ2n) is 9.34. The number of thioether (sulfide) groups is 1. The van der Waals surface area contributed by atoms with E-state index < -0.39 is 23.5 Å². The van der Waals surface area contributed by atoms with Crippen molar-refractivity contribution in [1.82, 2.24) is 19.6 Å². The number of Topliss-reactive ketones (excluding diaryl/α,β-unsaturated/α-hetero) is 1. The van der Waals surface area contributed by atoms with Gasteiger partial charge in [-0.2, -0.15) is 0 Å². The van der Waals surface area contributed by atoms with Crippen molar-refractivity contribution in [3.63, 3.8) is 0 Å². The smallest absolute Gasteiger partial charge is 0.301 e. The van der Waals surface area contributed by atoms with Gasteiger partial charge in [-0.1, -0.05) is 47.4 Å². The van der Waals surface area contributed by atoms with E-state index >= 15 is 0 Å². The summed E-state index contributed by atoms with van der Waals surface area (Å²) in [4.78, 5) is 32.9. The maximum absolute atomic E-state index is 13.6. The Morgan fingerprint density at radius 2 is 1.90 bits per heavy atom. The monoisotopic (exact) mass is 603 g/mol. The maximum atomic E-state index is 13.6. The molecule has 0 saturated carbocycles. The van der Waals surface area contributed by atoms with Crippen molar-refractivity contribution in [1.29, 1.82) is 0 Å². The molecule has 1 aliphatic rings.